The summed E-state index contributed by atoms with van der Waals surface area (Å²) in [6, 6.07) is 5.78. The molecule has 1 saturated heterocycles. The average Bonchev–Trinajstić information content (AvgIpc) is 3.24. The number of rotatable bonds is 9. The van der Waals surface area contributed by atoms with Crippen LogP contribution in [0.4, 0.5) is 0 Å². The molecular weight excluding hydrogens is 525 g/mol. The van der Waals surface area contributed by atoms with Crippen molar-refractivity contribution in [3.63, 3.8) is 0 Å². The molecular formula is C22H34IN5O2S. The fourth-order valence-electron chi connectivity index (χ4n) is 3.62. The monoisotopic (exact) mass is 559 g/mol. The number of methoxy groups -OCH3 is 2. The van der Waals surface area contributed by atoms with Crippen molar-refractivity contribution >= 4 is 41.3 Å². The second-order valence-corrected chi connectivity index (χ2v) is 8.52. The Morgan fingerprint density at radius 2 is 2.00 bits per heavy atom. The normalized spacial score (nSPS) is 15.4. The van der Waals surface area contributed by atoms with Crippen molar-refractivity contribution in [2.45, 2.75) is 39.3 Å². The smallest absolute Gasteiger partial charge is 0.188 e. The van der Waals surface area contributed by atoms with Gasteiger partial charge in [0.1, 0.15) is 0 Å². The molecule has 0 radical (unpaired) electrons. The number of likely N-dealkylation sites (tertiary alicyclic amines) is 1. The largest absolute Gasteiger partial charge is 0.493 e. The van der Waals surface area contributed by atoms with Gasteiger partial charge in [-0.25, -0.2) is 9.98 Å². The highest BCUT2D eigenvalue weighted by Crippen LogP contribution is 2.27. The van der Waals surface area contributed by atoms with E-state index >= 15 is 0 Å². The van der Waals surface area contributed by atoms with Crippen LogP contribution < -0.4 is 20.5 Å². The van der Waals surface area contributed by atoms with Crippen LogP contribution in [0.2, 0.25) is 0 Å². The molecule has 1 aliphatic rings. The summed E-state index contributed by atoms with van der Waals surface area (Å²) in [4.78, 5) is 11.6. The lowest BCUT2D eigenvalue weighted by Crippen LogP contribution is -2.40. The fourth-order valence-corrected chi connectivity index (χ4v) is 4.36. The van der Waals surface area contributed by atoms with Crippen LogP contribution in [0.1, 0.15) is 36.0 Å². The van der Waals surface area contributed by atoms with E-state index in [4.69, 9.17) is 15.2 Å². The van der Waals surface area contributed by atoms with Crippen molar-refractivity contribution in [3.05, 3.63) is 39.8 Å². The Hall–Kier alpha value is -1.59. The molecule has 9 heteroatoms. The van der Waals surface area contributed by atoms with Crippen LogP contribution in [-0.2, 0) is 19.5 Å². The van der Waals surface area contributed by atoms with E-state index < -0.39 is 0 Å². The van der Waals surface area contributed by atoms with Gasteiger partial charge >= 0.3 is 0 Å². The predicted octanol–water partition coefficient (Wildman–Crippen LogP) is 3.66. The quantitative estimate of drug-likeness (QED) is 0.277. The number of halogens is 1. The summed E-state index contributed by atoms with van der Waals surface area (Å²) in [6.07, 6.45) is 3.36. The van der Waals surface area contributed by atoms with E-state index in [2.05, 4.69) is 32.5 Å². The summed E-state index contributed by atoms with van der Waals surface area (Å²) in [7, 11) is 3.26. The number of nitrogens with two attached hydrogens (primary N) is 1. The standard InChI is InChI=1S/C22H33N5O2S.HI/c1-4-21-26-18(15-30-21)14-27-9-7-16(8-10-27)12-24-22(23)25-13-17-5-6-19(28-2)20(11-17)29-3;/h5-6,11,15-16H,4,7-10,12-14H2,1-3H3,(H3,23,24,25);1H. The Morgan fingerprint density at radius 3 is 2.65 bits per heavy atom. The van der Waals surface area contributed by atoms with Gasteiger partial charge in [-0.05, 0) is 56.0 Å². The topological polar surface area (TPSA) is 85.0 Å². The lowest BCUT2D eigenvalue weighted by atomic mass is 9.97. The molecule has 1 aromatic heterocycles. The first-order valence-corrected chi connectivity index (χ1v) is 11.4. The van der Waals surface area contributed by atoms with Crippen LogP contribution in [0.25, 0.3) is 0 Å². The summed E-state index contributed by atoms with van der Waals surface area (Å²) in [6.45, 7) is 6.70. The van der Waals surface area contributed by atoms with Gasteiger partial charge in [0.25, 0.3) is 0 Å². The van der Waals surface area contributed by atoms with Crippen molar-refractivity contribution in [2.24, 2.45) is 16.6 Å². The fraction of sp³-hybridized carbons (Fsp3) is 0.545. The molecule has 0 amide bonds. The SMILES string of the molecule is CCc1nc(CN2CCC(CNC(N)=NCc3ccc(OC)c(OC)c3)CC2)cs1.I. The lowest BCUT2D eigenvalue weighted by Gasteiger charge is -2.31. The number of nitrogens with zero attached hydrogens (tertiary/aromatic N) is 3. The van der Waals surface area contributed by atoms with Gasteiger partial charge < -0.3 is 20.5 Å². The van der Waals surface area contributed by atoms with Crippen LogP contribution >= 0.6 is 35.3 Å². The lowest BCUT2D eigenvalue weighted by molar-refractivity contribution is 0.176. The first kappa shape index (κ1) is 25.7. The molecule has 3 N–H and O–H groups in total. The van der Waals surface area contributed by atoms with Crippen molar-refractivity contribution in [1.82, 2.24) is 15.2 Å². The van der Waals surface area contributed by atoms with E-state index in [0.717, 1.165) is 38.2 Å². The van der Waals surface area contributed by atoms with E-state index in [1.807, 2.05) is 18.2 Å². The number of piperidine rings is 1. The molecule has 2 heterocycles. The van der Waals surface area contributed by atoms with E-state index in [1.54, 1.807) is 25.6 Å². The highest BCUT2D eigenvalue weighted by molar-refractivity contribution is 14.0. The average molecular weight is 560 g/mol. The number of hydrogen-bond acceptors (Lipinski definition) is 6. The van der Waals surface area contributed by atoms with Crippen molar-refractivity contribution in [3.8, 4) is 11.5 Å². The minimum atomic E-state index is 0. The molecule has 172 valence electrons. The zero-order chi connectivity index (χ0) is 21.3. The second-order valence-electron chi connectivity index (χ2n) is 7.58. The number of hydrogen-bond donors (Lipinski definition) is 2. The summed E-state index contributed by atoms with van der Waals surface area (Å²) < 4.78 is 10.6. The molecule has 3 rings (SSSR count). The third kappa shape index (κ3) is 7.80. The van der Waals surface area contributed by atoms with Gasteiger partial charge in [0.05, 0.1) is 31.5 Å². The Labute approximate surface area is 206 Å². The van der Waals surface area contributed by atoms with Crippen LogP contribution in [0.15, 0.2) is 28.6 Å². The molecule has 1 aliphatic heterocycles. The molecule has 0 atom stereocenters. The number of aliphatic imine (C=N–C) groups is 1. The first-order valence-electron chi connectivity index (χ1n) is 10.5. The summed E-state index contributed by atoms with van der Waals surface area (Å²) in [5.74, 6) is 2.52. The minimum Gasteiger partial charge on any atom is -0.493 e. The third-order valence-electron chi connectivity index (χ3n) is 5.45. The number of guanidine groups is 1. The maximum atomic E-state index is 6.08. The van der Waals surface area contributed by atoms with Gasteiger partial charge in [-0.3, -0.25) is 4.90 Å². The number of benzene rings is 1. The maximum Gasteiger partial charge on any atom is 0.188 e. The first-order chi connectivity index (χ1) is 14.6. The molecule has 1 aromatic carbocycles. The van der Waals surface area contributed by atoms with Crippen molar-refractivity contribution in [2.75, 3.05) is 33.9 Å². The van der Waals surface area contributed by atoms with E-state index in [0.29, 0.717) is 29.9 Å². The summed E-state index contributed by atoms with van der Waals surface area (Å²) in [5, 5.41) is 6.72. The molecule has 0 bridgehead atoms. The Bertz CT molecular complexity index is 837. The molecule has 0 spiro atoms. The van der Waals surface area contributed by atoms with Gasteiger partial charge in [-0.1, -0.05) is 13.0 Å². The Balaban J connectivity index is 0.00000341. The van der Waals surface area contributed by atoms with Crippen LogP contribution in [0.3, 0.4) is 0 Å². The van der Waals surface area contributed by atoms with Gasteiger partial charge in [-0.2, -0.15) is 0 Å². The summed E-state index contributed by atoms with van der Waals surface area (Å²) in [5.41, 5.74) is 8.31. The molecule has 0 unspecified atom stereocenters. The highest BCUT2D eigenvalue weighted by Gasteiger charge is 2.20. The molecule has 0 aliphatic carbocycles. The Kier molecular flexibility index (Phi) is 10.8. The highest BCUT2D eigenvalue weighted by atomic mass is 127. The van der Waals surface area contributed by atoms with Crippen LogP contribution in [-0.4, -0.2) is 49.7 Å². The molecule has 2 aromatic rings. The van der Waals surface area contributed by atoms with Gasteiger partial charge in [0.2, 0.25) is 0 Å². The molecule has 1 fully saturated rings. The van der Waals surface area contributed by atoms with E-state index in [9.17, 15) is 0 Å². The molecule has 7 nitrogen and oxygen atoms in total. The minimum absolute atomic E-state index is 0. The number of aryl methyl sites for hydroxylation is 1. The maximum absolute atomic E-state index is 6.08. The zero-order valence-corrected chi connectivity index (χ0v) is 21.7. The van der Waals surface area contributed by atoms with Crippen LogP contribution in [0.5, 0.6) is 11.5 Å². The Morgan fingerprint density at radius 1 is 1.26 bits per heavy atom. The number of aromatic nitrogens is 1. The third-order valence-corrected chi connectivity index (χ3v) is 6.49. The van der Waals surface area contributed by atoms with Gasteiger partial charge in [0.15, 0.2) is 17.5 Å². The van der Waals surface area contributed by atoms with E-state index in [1.165, 1.54) is 23.5 Å². The zero-order valence-electron chi connectivity index (χ0n) is 18.6. The molecule has 31 heavy (non-hydrogen) atoms. The molecule has 0 saturated carbocycles. The number of thiazole rings is 1. The van der Waals surface area contributed by atoms with Gasteiger partial charge in [0, 0.05) is 18.5 Å². The number of nitrogens with one attached hydrogen (secondary N) is 1. The van der Waals surface area contributed by atoms with Crippen molar-refractivity contribution < 1.29 is 9.47 Å². The van der Waals surface area contributed by atoms with Crippen molar-refractivity contribution in [1.29, 1.82) is 0 Å². The van der Waals surface area contributed by atoms with Crippen LogP contribution in [0, 0.1) is 5.92 Å². The predicted molar refractivity (Wildman–Crippen MR) is 138 cm³/mol. The summed E-state index contributed by atoms with van der Waals surface area (Å²) >= 11 is 1.77. The second kappa shape index (κ2) is 13.1. The number of ether oxygens (including phenoxy) is 2. The van der Waals surface area contributed by atoms with E-state index in [-0.39, 0.29) is 24.0 Å². The van der Waals surface area contributed by atoms with Gasteiger partial charge in [-0.15, -0.1) is 35.3 Å².